The van der Waals surface area contributed by atoms with Gasteiger partial charge in [0.05, 0.1) is 5.52 Å². The van der Waals surface area contributed by atoms with Gasteiger partial charge < -0.3 is 0 Å². The Morgan fingerprint density at radius 1 is 0.365 bits per heavy atom. The van der Waals surface area contributed by atoms with Gasteiger partial charge in [0.2, 0.25) is 0 Å². The zero-order valence-electron chi connectivity index (χ0n) is 34.2. The molecule has 0 N–H and O–H groups in total. The summed E-state index contributed by atoms with van der Waals surface area (Å²) in [7, 11) is 0. The molecule has 5 heteroatoms. The van der Waals surface area contributed by atoms with E-state index >= 15 is 0 Å². The summed E-state index contributed by atoms with van der Waals surface area (Å²) in [6, 6.07) is 83.9. The van der Waals surface area contributed by atoms with Gasteiger partial charge >= 0.3 is 298 Å². The third-order valence-electron chi connectivity index (χ3n) is 13.2. The molecule has 294 valence electrons. The Labute approximate surface area is 367 Å². The minimum absolute atomic E-state index is 0.741. The number of para-hydroxylation sites is 3. The Morgan fingerprint density at radius 2 is 0.921 bits per heavy atom. The quantitative estimate of drug-likeness (QED) is 0.156. The summed E-state index contributed by atoms with van der Waals surface area (Å²) in [5.74, 6) is 0.741. The normalized spacial score (nSPS) is 12.9. The first-order valence-electron chi connectivity index (χ1n) is 21.6. The third kappa shape index (κ3) is 5.22. The van der Waals surface area contributed by atoms with Crippen molar-refractivity contribution in [2.45, 2.75) is 0 Å². The maximum atomic E-state index is 5.78. The molecule has 9 aromatic carbocycles. The van der Waals surface area contributed by atoms with Crippen LogP contribution >= 0.6 is 0 Å². The Morgan fingerprint density at radius 3 is 1.62 bits per heavy atom. The van der Waals surface area contributed by atoms with E-state index in [4.69, 9.17) is 9.97 Å². The van der Waals surface area contributed by atoms with Gasteiger partial charge in [0.1, 0.15) is 0 Å². The SMILES string of the molecule is c1ccc(-c2nc(-c3ccc(-n4c5ccccc5c5c4ccc4c6ccccc6n(-c6ccccc6)c45)cc3)n[c]3c2-c2cccc[c]2[Ge]3([c]2ccccc2)[c]2ccccc2)cc1. The molecule has 4 nitrogen and oxygen atoms in total. The number of hydrogen-bond acceptors (Lipinski definition) is 2. The van der Waals surface area contributed by atoms with Crippen molar-refractivity contribution in [2.24, 2.45) is 0 Å². The van der Waals surface area contributed by atoms with Crippen molar-refractivity contribution in [1.29, 1.82) is 0 Å². The molecule has 3 aromatic heterocycles. The summed E-state index contributed by atoms with van der Waals surface area (Å²) in [4.78, 5) is 11.3. The van der Waals surface area contributed by atoms with Crippen LogP contribution in [0.25, 0.3) is 88.8 Å². The summed E-state index contributed by atoms with van der Waals surface area (Å²) in [6.45, 7) is 0. The monoisotopic (exact) mass is 864 g/mol. The van der Waals surface area contributed by atoms with Crippen molar-refractivity contribution in [3.05, 3.63) is 231 Å². The predicted octanol–water partition coefficient (Wildman–Crippen LogP) is 11.4. The molecule has 12 aromatic rings. The molecule has 0 fully saturated rings. The van der Waals surface area contributed by atoms with Crippen molar-refractivity contribution in [3.63, 3.8) is 0 Å². The second kappa shape index (κ2) is 14.1. The van der Waals surface area contributed by atoms with Crippen LogP contribution in [0, 0.1) is 0 Å². The zero-order chi connectivity index (χ0) is 41.5. The molecule has 0 atom stereocenters. The van der Waals surface area contributed by atoms with Gasteiger partial charge in [0.15, 0.2) is 0 Å². The Kier molecular flexibility index (Phi) is 8.05. The van der Waals surface area contributed by atoms with Gasteiger partial charge in [0.25, 0.3) is 0 Å². The van der Waals surface area contributed by atoms with Crippen molar-refractivity contribution in [1.82, 2.24) is 19.1 Å². The summed E-state index contributed by atoms with van der Waals surface area (Å²) in [5, 5.41) is 4.96. The molecule has 63 heavy (non-hydrogen) atoms. The van der Waals surface area contributed by atoms with Crippen molar-refractivity contribution in [3.8, 4) is 45.1 Å². The molecule has 13 rings (SSSR count). The summed E-state index contributed by atoms with van der Waals surface area (Å²) < 4.78 is 10.2. The van der Waals surface area contributed by atoms with Crippen molar-refractivity contribution < 1.29 is 0 Å². The average molecular weight is 864 g/mol. The van der Waals surface area contributed by atoms with Gasteiger partial charge in [-0.2, -0.15) is 0 Å². The van der Waals surface area contributed by atoms with Gasteiger partial charge in [0, 0.05) is 11.1 Å². The number of aromatic nitrogens is 4. The molecule has 0 bridgehead atoms. The van der Waals surface area contributed by atoms with E-state index in [1.807, 2.05) is 0 Å². The van der Waals surface area contributed by atoms with E-state index < -0.39 is 13.3 Å². The van der Waals surface area contributed by atoms with E-state index in [9.17, 15) is 0 Å². The van der Waals surface area contributed by atoms with Crippen molar-refractivity contribution >= 4 is 74.6 Å². The fraction of sp³-hybridized carbons (Fsp3) is 0. The van der Waals surface area contributed by atoms with Crippen LogP contribution in [0.3, 0.4) is 0 Å². The van der Waals surface area contributed by atoms with Gasteiger partial charge in [-0.15, -0.1) is 0 Å². The Hall–Kier alpha value is -7.80. The first-order chi connectivity index (χ1) is 31.3. The van der Waals surface area contributed by atoms with Crippen LogP contribution in [-0.2, 0) is 0 Å². The summed E-state index contributed by atoms with van der Waals surface area (Å²) in [6.07, 6.45) is 0. The molecule has 4 heterocycles. The molecule has 0 unspecified atom stereocenters. The molecule has 0 saturated carbocycles. The van der Waals surface area contributed by atoms with Gasteiger partial charge in [-0.1, -0.05) is 36.4 Å². The van der Waals surface area contributed by atoms with E-state index in [1.165, 1.54) is 61.4 Å². The van der Waals surface area contributed by atoms with Crippen LogP contribution in [0.1, 0.15) is 0 Å². The molecule has 1 aliphatic rings. The molecule has 0 saturated heterocycles. The Bertz CT molecular complexity index is 3670. The third-order valence-corrected chi connectivity index (χ3v) is 23.1. The minimum atomic E-state index is -3.67. The number of fused-ring (bicyclic) bond motifs is 10. The molecule has 0 spiro atoms. The van der Waals surface area contributed by atoms with Crippen LogP contribution in [0.4, 0.5) is 0 Å². The van der Waals surface area contributed by atoms with Crippen LogP contribution in [-0.4, -0.2) is 32.4 Å². The van der Waals surface area contributed by atoms with Crippen LogP contribution in [0.2, 0.25) is 0 Å². The van der Waals surface area contributed by atoms with Crippen LogP contribution in [0.15, 0.2) is 231 Å². The molecular weight excluding hydrogens is 825 g/mol. The average Bonchev–Trinajstić information content (AvgIpc) is 3.99. The van der Waals surface area contributed by atoms with E-state index in [0.717, 1.165) is 45.1 Å². The van der Waals surface area contributed by atoms with Crippen LogP contribution in [0.5, 0.6) is 0 Å². The fourth-order valence-corrected chi connectivity index (χ4v) is 21.1. The summed E-state index contributed by atoms with van der Waals surface area (Å²) >= 11 is -3.67. The topological polar surface area (TPSA) is 35.6 Å². The summed E-state index contributed by atoms with van der Waals surface area (Å²) in [5.41, 5.74) is 12.4. The molecular formula is C58H38GeN4. The van der Waals surface area contributed by atoms with E-state index in [1.54, 1.807) is 0 Å². The maximum absolute atomic E-state index is 5.78. The van der Waals surface area contributed by atoms with Gasteiger partial charge in [-0.05, 0) is 18.2 Å². The molecule has 0 amide bonds. The second-order valence-electron chi connectivity index (χ2n) is 16.5. The standard InChI is InChI=1S/C58H38GeN4/c1-5-19-39(20-6-1)55-54-47-28-13-16-30-49(47)59(41-21-7-2-8-22-41,42-23-9-3-10-24-42)57(54)61-58(60-55)40-33-35-44(36-34-40)62-51-32-18-15-29-48(51)53-52(62)38-37-46-45-27-14-17-31-50(45)63(56(46)53)43-25-11-4-12-26-43/h1-38H. The number of hydrogen-bond donors (Lipinski definition) is 0. The van der Waals surface area contributed by atoms with E-state index in [-0.39, 0.29) is 0 Å². The molecule has 1 aliphatic heterocycles. The van der Waals surface area contributed by atoms with Crippen LogP contribution < -0.4 is 17.7 Å². The zero-order valence-corrected chi connectivity index (χ0v) is 36.3. The first-order valence-corrected chi connectivity index (χ1v) is 25.8. The van der Waals surface area contributed by atoms with E-state index in [2.05, 4.69) is 240 Å². The Balaban J connectivity index is 1.05. The molecule has 0 aliphatic carbocycles. The van der Waals surface area contributed by atoms with Gasteiger partial charge in [-0.25, -0.2) is 0 Å². The first kappa shape index (κ1) is 35.9. The van der Waals surface area contributed by atoms with E-state index in [0.29, 0.717) is 0 Å². The number of nitrogens with zero attached hydrogens (tertiary/aromatic N) is 4. The van der Waals surface area contributed by atoms with Gasteiger partial charge in [-0.3, -0.25) is 0 Å². The second-order valence-corrected chi connectivity index (χ2v) is 24.2. The number of rotatable bonds is 6. The fourth-order valence-electron chi connectivity index (χ4n) is 10.6. The number of benzene rings is 9. The molecule has 0 radical (unpaired) electrons. The van der Waals surface area contributed by atoms with Crippen molar-refractivity contribution in [2.75, 3.05) is 0 Å². The predicted molar refractivity (Wildman–Crippen MR) is 264 cm³/mol.